The Morgan fingerprint density at radius 3 is 1.75 bits per heavy atom. The first-order valence-corrected chi connectivity index (χ1v) is 8.77. The molecule has 0 aliphatic heterocycles. The van der Waals surface area contributed by atoms with Gasteiger partial charge in [-0.3, -0.25) is 4.55 Å². The van der Waals surface area contributed by atoms with Crippen LogP contribution in [0.25, 0.3) is 0 Å². The average Bonchev–Trinajstić information content (AvgIpc) is 1.56. The van der Waals surface area contributed by atoms with Crippen LogP contribution in [0.3, 0.4) is 0 Å². The molecule has 0 heterocycles. The quantitative estimate of drug-likeness (QED) is 0.569. The van der Waals surface area contributed by atoms with Crippen LogP contribution in [-0.2, 0) is 10.1 Å². The van der Waals surface area contributed by atoms with Gasteiger partial charge in [-0.15, -0.1) is 0 Å². The van der Waals surface area contributed by atoms with Crippen molar-refractivity contribution >= 4 is 47.7 Å². The van der Waals surface area contributed by atoms with E-state index in [9.17, 15) is 8.42 Å². The van der Waals surface area contributed by atoms with Crippen molar-refractivity contribution in [2.45, 2.75) is 32.1 Å². The molecule has 1 atom stereocenters. The van der Waals surface area contributed by atoms with Crippen molar-refractivity contribution in [3.05, 3.63) is 0 Å². The summed E-state index contributed by atoms with van der Waals surface area (Å²) in [6, 6.07) is 0. The van der Waals surface area contributed by atoms with E-state index in [4.69, 9.17) is 4.55 Å². The molecule has 12 heavy (non-hydrogen) atoms. The van der Waals surface area contributed by atoms with Gasteiger partial charge in [0.2, 0.25) is 0 Å². The van der Waals surface area contributed by atoms with Gasteiger partial charge in [0, 0.05) is 8.07 Å². The van der Waals surface area contributed by atoms with Crippen LogP contribution < -0.4 is 0 Å². The predicted molar refractivity (Wildman–Crippen MR) is 56.3 cm³/mol. The van der Waals surface area contributed by atoms with Crippen LogP contribution in [0.15, 0.2) is 0 Å². The van der Waals surface area contributed by atoms with Crippen LogP contribution in [0, 0.1) is 0 Å². The van der Waals surface area contributed by atoms with Crippen LogP contribution in [-0.4, -0.2) is 56.4 Å². The van der Waals surface area contributed by atoms with Gasteiger partial charge in [-0.25, -0.2) is 0 Å². The van der Waals surface area contributed by atoms with Crippen molar-refractivity contribution in [1.82, 2.24) is 0 Å². The first kappa shape index (κ1) is 15.6. The van der Waals surface area contributed by atoms with E-state index in [2.05, 4.69) is 19.6 Å². The van der Waals surface area contributed by atoms with Gasteiger partial charge in [-0.2, -0.15) is 8.42 Å². The Morgan fingerprint density at radius 2 is 1.67 bits per heavy atom. The van der Waals surface area contributed by atoms with Crippen molar-refractivity contribution in [3.8, 4) is 0 Å². The molecule has 6 heteroatoms. The molecule has 0 fully saturated rings. The summed E-state index contributed by atoms with van der Waals surface area (Å²) >= 11 is 0. The molecule has 1 unspecified atom stereocenters. The Bertz CT molecular complexity index is 219. The summed E-state index contributed by atoms with van der Waals surface area (Å²) in [7, 11) is -5.18. The normalized spacial score (nSPS) is 15.1. The zero-order valence-electron chi connectivity index (χ0n) is 7.46. The molecule has 0 bridgehead atoms. The van der Waals surface area contributed by atoms with Crippen LogP contribution in [0.1, 0.15) is 6.92 Å². The Balaban J connectivity index is 0. The molecule has 0 amide bonds. The van der Waals surface area contributed by atoms with E-state index < -0.39 is 18.2 Å². The molecule has 70 valence electrons. The number of rotatable bonds is 3. The molecule has 0 aromatic carbocycles. The van der Waals surface area contributed by atoms with E-state index in [1.54, 1.807) is 0 Å². The minimum absolute atomic E-state index is 0. The molecule has 0 saturated carbocycles. The zero-order chi connectivity index (χ0) is 9.28. The van der Waals surface area contributed by atoms with Crippen LogP contribution >= 0.6 is 0 Å². The van der Waals surface area contributed by atoms with E-state index in [0.717, 1.165) is 0 Å². The minimum atomic E-state index is -3.77. The summed E-state index contributed by atoms with van der Waals surface area (Å²) in [5, 5.41) is 0. The van der Waals surface area contributed by atoms with E-state index in [0.29, 0.717) is 0 Å². The topological polar surface area (TPSA) is 54.4 Å². The molecule has 0 spiro atoms. The fraction of sp³-hybridized carbons (Fsp3) is 1.00. The van der Waals surface area contributed by atoms with Crippen molar-refractivity contribution in [1.29, 1.82) is 0 Å². The molecule has 3 nitrogen and oxygen atoms in total. The summed E-state index contributed by atoms with van der Waals surface area (Å²) in [6.45, 7) is 8.13. The van der Waals surface area contributed by atoms with Crippen molar-refractivity contribution in [2.24, 2.45) is 0 Å². The molecule has 1 N–H and O–H groups in total. The van der Waals surface area contributed by atoms with Crippen molar-refractivity contribution < 1.29 is 13.0 Å². The molecular formula is C6H17NaO3SSi. The van der Waals surface area contributed by atoms with Gasteiger partial charge in [0.15, 0.2) is 0 Å². The fourth-order valence-electron chi connectivity index (χ4n) is 0.566. The Hall–Kier alpha value is 1.13. The van der Waals surface area contributed by atoms with Gasteiger partial charge in [0.05, 0.1) is 5.75 Å². The third-order valence-corrected chi connectivity index (χ3v) is 6.32. The van der Waals surface area contributed by atoms with Crippen LogP contribution in [0.2, 0.25) is 25.2 Å². The summed E-state index contributed by atoms with van der Waals surface area (Å²) in [6.07, 6.45) is 0. The van der Waals surface area contributed by atoms with Crippen molar-refractivity contribution in [3.63, 3.8) is 0 Å². The summed E-state index contributed by atoms with van der Waals surface area (Å²) in [4.78, 5) is 0. The van der Waals surface area contributed by atoms with Crippen LogP contribution in [0.4, 0.5) is 0 Å². The standard InChI is InChI=1S/C6H16O3SSi.Na.H/c1-6(11(2,3)4)5-10(7,8)9;;/h6H,5H2,1-4H3,(H,7,8,9);;. The van der Waals surface area contributed by atoms with Gasteiger partial charge >= 0.3 is 29.6 Å². The van der Waals surface area contributed by atoms with Crippen molar-refractivity contribution in [2.75, 3.05) is 5.75 Å². The zero-order valence-corrected chi connectivity index (χ0v) is 9.27. The molecule has 0 aliphatic rings. The summed E-state index contributed by atoms with van der Waals surface area (Å²) in [5.41, 5.74) is 0.109. The molecule has 0 radical (unpaired) electrons. The molecule has 0 aliphatic carbocycles. The first-order chi connectivity index (χ1) is 4.63. The summed E-state index contributed by atoms with van der Waals surface area (Å²) in [5.74, 6) is -0.0945. The SMILES string of the molecule is CC(CS(=O)(=O)O)[Si](C)(C)C.[NaH]. The molecule has 0 aromatic heterocycles. The van der Waals surface area contributed by atoms with Gasteiger partial charge in [-0.1, -0.05) is 26.6 Å². The van der Waals surface area contributed by atoms with E-state index in [-0.39, 0.29) is 40.9 Å². The molecular weight excluding hydrogens is 203 g/mol. The second-order valence-corrected chi connectivity index (χ2v) is 11.2. The monoisotopic (exact) mass is 220 g/mol. The first-order valence-electron chi connectivity index (χ1n) is 3.58. The van der Waals surface area contributed by atoms with Gasteiger partial charge in [0.1, 0.15) is 0 Å². The molecule has 0 rings (SSSR count). The maximum atomic E-state index is 10.5. The second-order valence-electron chi connectivity index (χ2n) is 4.02. The summed E-state index contributed by atoms with van der Waals surface area (Å²) < 4.78 is 29.5. The van der Waals surface area contributed by atoms with Crippen LogP contribution in [0.5, 0.6) is 0 Å². The molecule has 0 saturated heterocycles. The average molecular weight is 220 g/mol. The predicted octanol–water partition coefficient (Wildman–Crippen LogP) is 0.954. The van der Waals surface area contributed by atoms with Gasteiger partial charge in [-0.05, 0) is 5.54 Å². The van der Waals surface area contributed by atoms with E-state index in [1.165, 1.54) is 0 Å². The number of hydrogen-bond donors (Lipinski definition) is 1. The number of hydrogen-bond acceptors (Lipinski definition) is 2. The molecule has 0 aromatic rings. The Labute approximate surface area is 98.0 Å². The maximum absolute atomic E-state index is 10.5. The Kier molecular flexibility index (Phi) is 6.65. The fourth-order valence-corrected chi connectivity index (χ4v) is 3.83. The van der Waals surface area contributed by atoms with E-state index >= 15 is 0 Å². The van der Waals surface area contributed by atoms with E-state index in [1.807, 2.05) is 6.92 Å². The van der Waals surface area contributed by atoms with Gasteiger partial charge < -0.3 is 0 Å². The third kappa shape index (κ3) is 7.76. The Morgan fingerprint density at radius 1 is 1.33 bits per heavy atom. The second kappa shape index (κ2) is 5.12. The third-order valence-electron chi connectivity index (χ3n) is 1.94. The van der Waals surface area contributed by atoms with Gasteiger partial charge in [0.25, 0.3) is 10.1 Å².